The Labute approximate surface area is 148 Å². The maximum absolute atomic E-state index is 12.3. The summed E-state index contributed by atoms with van der Waals surface area (Å²) in [6.07, 6.45) is 4.47. The minimum Gasteiger partial charge on any atom is -0.351 e. The summed E-state index contributed by atoms with van der Waals surface area (Å²) in [6, 6.07) is 20.1. The molecular weight excluding hydrogens is 310 g/mol. The van der Waals surface area contributed by atoms with Gasteiger partial charge in [-0.2, -0.15) is 5.26 Å². The van der Waals surface area contributed by atoms with Gasteiger partial charge in [-0.1, -0.05) is 48.5 Å². The predicted molar refractivity (Wildman–Crippen MR) is 99.0 cm³/mol. The number of nitriles is 1. The molecule has 1 aliphatic heterocycles. The van der Waals surface area contributed by atoms with Crippen LogP contribution in [0.3, 0.4) is 0 Å². The van der Waals surface area contributed by atoms with E-state index in [1.165, 1.54) is 5.56 Å². The topological polar surface area (TPSA) is 56.1 Å². The Kier molecular flexibility index (Phi) is 5.48. The van der Waals surface area contributed by atoms with Gasteiger partial charge in [-0.25, -0.2) is 0 Å². The zero-order valence-corrected chi connectivity index (χ0v) is 14.1. The lowest BCUT2D eigenvalue weighted by molar-refractivity contribution is -0.117. The van der Waals surface area contributed by atoms with E-state index in [1.807, 2.05) is 59.5 Å². The monoisotopic (exact) mass is 331 g/mol. The van der Waals surface area contributed by atoms with Crippen molar-refractivity contribution in [2.75, 3.05) is 18.0 Å². The first-order valence-electron chi connectivity index (χ1n) is 8.56. The molecule has 1 heterocycles. The van der Waals surface area contributed by atoms with Crippen LogP contribution < -0.4 is 10.2 Å². The highest BCUT2D eigenvalue weighted by Crippen LogP contribution is 2.27. The minimum absolute atomic E-state index is 0.143. The van der Waals surface area contributed by atoms with Crippen LogP contribution in [-0.2, 0) is 17.6 Å². The zero-order valence-electron chi connectivity index (χ0n) is 14.1. The van der Waals surface area contributed by atoms with Gasteiger partial charge >= 0.3 is 0 Å². The maximum atomic E-state index is 12.3. The first kappa shape index (κ1) is 16.8. The fourth-order valence-corrected chi connectivity index (χ4v) is 3.05. The van der Waals surface area contributed by atoms with Gasteiger partial charge in [0, 0.05) is 25.0 Å². The largest absolute Gasteiger partial charge is 0.351 e. The Morgan fingerprint density at radius 1 is 1.16 bits per heavy atom. The van der Waals surface area contributed by atoms with Crippen LogP contribution in [0.4, 0.5) is 5.69 Å². The summed E-state index contributed by atoms with van der Waals surface area (Å²) < 4.78 is 0. The molecule has 2 aromatic carbocycles. The fourth-order valence-electron chi connectivity index (χ4n) is 3.05. The molecule has 0 aliphatic carbocycles. The number of nitrogens with one attached hydrogen (secondary N) is 1. The molecule has 0 aromatic heterocycles. The number of carbonyl (C=O) groups excluding carboxylic acids is 1. The Balaban J connectivity index is 1.65. The summed E-state index contributed by atoms with van der Waals surface area (Å²) in [6.45, 7) is 1.33. The molecule has 0 fully saturated rings. The van der Waals surface area contributed by atoms with Crippen LogP contribution in [0.1, 0.15) is 17.5 Å². The lowest BCUT2D eigenvalue weighted by Gasteiger charge is -2.28. The molecule has 4 heteroatoms. The van der Waals surface area contributed by atoms with E-state index in [0.29, 0.717) is 6.54 Å². The normalized spacial score (nSPS) is 13.7. The quantitative estimate of drug-likeness (QED) is 0.676. The van der Waals surface area contributed by atoms with Crippen LogP contribution >= 0.6 is 0 Å². The molecule has 1 amide bonds. The number of hydrogen-bond acceptors (Lipinski definition) is 3. The Bertz CT molecular complexity index is 805. The molecular formula is C21H21N3O. The summed E-state index contributed by atoms with van der Waals surface area (Å²) in [7, 11) is 0. The SMILES string of the molecule is N#C/C(=C/N1CCCc2ccccc21)C(=O)NCCc1ccccc1. The summed E-state index contributed by atoms with van der Waals surface area (Å²) in [5.74, 6) is -0.318. The van der Waals surface area contributed by atoms with Crippen molar-refractivity contribution in [1.82, 2.24) is 5.32 Å². The molecule has 2 aromatic rings. The highest BCUT2D eigenvalue weighted by atomic mass is 16.1. The third-order valence-electron chi connectivity index (χ3n) is 4.34. The molecule has 0 spiro atoms. The Morgan fingerprint density at radius 3 is 2.72 bits per heavy atom. The van der Waals surface area contributed by atoms with Gasteiger partial charge in [0.05, 0.1) is 0 Å². The van der Waals surface area contributed by atoms with E-state index in [4.69, 9.17) is 0 Å². The van der Waals surface area contributed by atoms with Gasteiger partial charge in [-0.15, -0.1) is 0 Å². The predicted octanol–water partition coefficient (Wildman–Crippen LogP) is 3.21. The number of para-hydroxylation sites is 1. The van der Waals surface area contributed by atoms with Crippen molar-refractivity contribution in [3.63, 3.8) is 0 Å². The molecule has 0 bridgehead atoms. The number of anilines is 1. The van der Waals surface area contributed by atoms with Crippen LogP contribution in [0.25, 0.3) is 0 Å². The van der Waals surface area contributed by atoms with E-state index in [1.54, 1.807) is 6.20 Å². The van der Waals surface area contributed by atoms with Crippen molar-refractivity contribution >= 4 is 11.6 Å². The summed E-state index contributed by atoms with van der Waals surface area (Å²) in [4.78, 5) is 14.3. The number of benzene rings is 2. The van der Waals surface area contributed by atoms with Gasteiger partial charge in [-0.05, 0) is 36.5 Å². The average molecular weight is 331 g/mol. The molecule has 0 radical (unpaired) electrons. The molecule has 0 saturated carbocycles. The number of aryl methyl sites for hydroxylation is 1. The molecule has 4 nitrogen and oxygen atoms in total. The van der Waals surface area contributed by atoms with Gasteiger partial charge < -0.3 is 10.2 Å². The van der Waals surface area contributed by atoms with Crippen molar-refractivity contribution in [3.05, 3.63) is 77.5 Å². The number of carbonyl (C=O) groups is 1. The van der Waals surface area contributed by atoms with Crippen molar-refractivity contribution in [2.45, 2.75) is 19.3 Å². The second-order valence-electron chi connectivity index (χ2n) is 6.07. The molecule has 126 valence electrons. The van der Waals surface area contributed by atoms with Crippen LogP contribution in [0.2, 0.25) is 0 Å². The van der Waals surface area contributed by atoms with E-state index < -0.39 is 0 Å². The van der Waals surface area contributed by atoms with Gasteiger partial charge in [0.1, 0.15) is 11.6 Å². The van der Waals surface area contributed by atoms with Gasteiger partial charge in [-0.3, -0.25) is 4.79 Å². The number of hydrogen-bond donors (Lipinski definition) is 1. The third kappa shape index (κ3) is 4.27. The van der Waals surface area contributed by atoms with E-state index in [-0.39, 0.29) is 11.5 Å². The van der Waals surface area contributed by atoms with E-state index in [0.717, 1.165) is 37.1 Å². The summed E-state index contributed by atoms with van der Waals surface area (Å²) >= 11 is 0. The van der Waals surface area contributed by atoms with Crippen LogP contribution in [0.15, 0.2) is 66.4 Å². The second-order valence-corrected chi connectivity index (χ2v) is 6.07. The Hall–Kier alpha value is -3.06. The van der Waals surface area contributed by atoms with Crippen LogP contribution in [0, 0.1) is 11.3 Å². The standard InChI is InChI=1S/C21H21N3O/c22-15-19(21(25)23-13-12-17-7-2-1-3-8-17)16-24-14-6-10-18-9-4-5-11-20(18)24/h1-5,7-9,11,16H,6,10,12-14H2,(H,23,25)/b19-16-. The highest BCUT2D eigenvalue weighted by Gasteiger charge is 2.17. The molecule has 1 N–H and O–H groups in total. The zero-order chi connectivity index (χ0) is 17.5. The molecule has 25 heavy (non-hydrogen) atoms. The Morgan fingerprint density at radius 2 is 1.92 bits per heavy atom. The van der Waals surface area contributed by atoms with Crippen LogP contribution in [0.5, 0.6) is 0 Å². The van der Waals surface area contributed by atoms with E-state index >= 15 is 0 Å². The first-order valence-corrected chi connectivity index (χ1v) is 8.56. The summed E-state index contributed by atoms with van der Waals surface area (Å²) in [5.41, 5.74) is 3.64. The maximum Gasteiger partial charge on any atom is 0.263 e. The van der Waals surface area contributed by atoms with Crippen molar-refractivity contribution in [1.29, 1.82) is 5.26 Å². The molecule has 0 atom stereocenters. The molecule has 0 saturated heterocycles. The van der Waals surface area contributed by atoms with Gasteiger partial charge in [0.15, 0.2) is 0 Å². The lowest BCUT2D eigenvalue weighted by Crippen LogP contribution is -2.30. The number of rotatable bonds is 5. The van der Waals surface area contributed by atoms with Gasteiger partial charge in [0.25, 0.3) is 5.91 Å². The van der Waals surface area contributed by atoms with Crippen molar-refractivity contribution in [3.8, 4) is 6.07 Å². The second kappa shape index (κ2) is 8.16. The van der Waals surface area contributed by atoms with Crippen molar-refractivity contribution < 1.29 is 4.79 Å². The average Bonchev–Trinajstić information content (AvgIpc) is 2.67. The van der Waals surface area contributed by atoms with E-state index in [2.05, 4.69) is 11.4 Å². The third-order valence-corrected chi connectivity index (χ3v) is 4.34. The number of nitrogens with zero attached hydrogens (tertiary/aromatic N) is 2. The van der Waals surface area contributed by atoms with E-state index in [9.17, 15) is 10.1 Å². The molecule has 3 rings (SSSR count). The van der Waals surface area contributed by atoms with Gasteiger partial charge in [0.2, 0.25) is 0 Å². The first-order chi connectivity index (χ1) is 12.3. The minimum atomic E-state index is -0.318. The lowest BCUT2D eigenvalue weighted by atomic mass is 10.0. The molecule has 1 aliphatic rings. The van der Waals surface area contributed by atoms with Crippen molar-refractivity contribution in [2.24, 2.45) is 0 Å². The smallest absolute Gasteiger partial charge is 0.263 e. The summed E-state index contributed by atoms with van der Waals surface area (Å²) in [5, 5.41) is 12.2. The van der Waals surface area contributed by atoms with Crippen LogP contribution in [-0.4, -0.2) is 19.0 Å². The fraction of sp³-hybridized carbons (Fsp3) is 0.238. The molecule has 0 unspecified atom stereocenters. The number of fused-ring (bicyclic) bond motifs is 1. The highest BCUT2D eigenvalue weighted by molar-refractivity contribution is 5.97. The number of amides is 1.